The molecule has 0 heterocycles. The van der Waals surface area contributed by atoms with Crippen molar-refractivity contribution in [3.8, 4) is 11.5 Å². The predicted molar refractivity (Wildman–Crippen MR) is 111 cm³/mol. The molecule has 0 saturated carbocycles. The zero-order valence-electron chi connectivity index (χ0n) is 17.0. The zero-order valence-corrected chi connectivity index (χ0v) is 17.0. The highest BCUT2D eigenvalue weighted by Crippen LogP contribution is 2.22. The van der Waals surface area contributed by atoms with Gasteiger partial charge in [-0.3, -0.25) is 4.79 Å². The summed E-state index contributed by atoms with van der Waals surface area (Å²) < 4.78 is 5.75. The van der Waals surface area contributed by atoms with Crippen molar-refractivity contribution in [3.63, 3.8) is 0 Å². The fourth-order valence-electron chi connectivity index (χ4n) is 1.97. The first kappa shape index (κ1) is 21.7. The minimum atomic E-state index is 0.0301. The first-order valence-electron chi connectivity index (χ1n) is 9.33. The lowest BCUT2D eigenvalue weighted by atomic mass is 10.1. The van der Waals surface area contributed by atoms with Gasteiger partial charge in [0.25, 0.3) is 0 Å². The van der Waals surface area contributed by atoms with Crippen molar-refractivity contribution in [1.82, 2.24) is 0 Å². The first-order chi connectivity index (χ1) is 12.3. The second-order valence-corrected chi connectivity index (χ2v) is 7.57. The molecule has 0 bridgehead atoms. The maximum absolute atomic E-state index is 12.0. The molecule has 0 aliphatic carbocycles. The number of rotatable bonds is 6. The molecule has 0 aromatic heterocycles. The molecule has 0 aliphatic heterocycles. The summed E-state index contributed by atoms with van der Waals surface area (Å²) in [6, 6.07) is 15.1. The molecule has 0 atom stereocenters. The molecule has 2 nitrogen and oxygen atoms in total. The van der Waals surface area contributed by atoms with Crippen LogP contribution in [0.25, 0.3) is 0 Å². The van der Waals surface area contributed by atoms with Gasteiger partial charge in [-0.05, 0) is 67.7 Å². The van der Waals surface area contributed by atoms with Crippen LogP contribution in [0.3, 0.4) is 0 Å². The molecular formula is C24H32O2. The van der Waals surface area contributed by atoms with Gasteiger partial charge in [0, 0.05) is 5.56 Å². The number of carbonyl (C=O) groups is 1. The van der Waals surface area contributed by atoms with Crippen molar-refractivity contribution in [2.24, 2.45) is 11.8 Å². The minimum absolute atomic E-state index is 0.0301. The van der Waals surface area contributed by atoms with Gasteiger partial charge in [0.15, 0.2) is 5.78 Å². The van der Waals surface area contributed by atoms with E-state index in [1.807, 2.05) is 49.4 Å². The molecule has 2 heteroatoms. The molecule has 2 rings (SSSR count). The van der Waals surface area contributed by atoms with Gasteiger partial charge in [0.2, 0.25) is 0 Å². The van der Waals surface area contributed by atoms with Crippen LogP contribution in [0.4, 0.5) is 0 Å². The molecule has 140 valence electrons. The van der Waals surface area contributed by atoms with Gasteiger partial charge < -0.3 is 4.74 Å². The van der Waals surface area contributed by atoms with E-state index < -0.39 is 0 Å². The van der Waals surface area contributed by atoms with Gasteiger partial charge in [0.05, 0.1) is 0 Å². The van der Waals surface area contributed by atoms with Crippen LogP contribution >= 0.6 is 0 Å². The van der Waals surface area contributed by atoms with Crippen LogP contribution < -0.4 is 4.74 Å². The number of ether oxygens (including phenoxy) is 1. The topological polar surface area (TPSA) is 26.3 Å². The SMILES string of the molecule is CC(C)C.Cc1ccc(Oc2ccc(C(=O)/C=C/CC(C)C)cc2)cc1. The Morgan fingerprint density at radius 2 is 1.35 bits per heavy atom. The largest absolute Gasteiger partial charge is 0.457 e. The second-order valence-electron chi connectivity index (χ2n) is 7.57. The molecule has 0 spiro atoms. The van der Waals surface area contributed by atoms with Crippen LogP contribution in [0.5, 0.6) is 11.5 Å². The van der Waals surface area contributed by atoms with E-state index in [9.17, 15) is 4.79 Å². The number of allylic oxidation sites excluding steroid dienone is 2. The molecule has 2 aromatic carbocycles. The Labute approximate surface area is 158 Å². The highest BCUT2D eigenvalue weighted by Gasteiger charge is 2.03. The molecule has 2 aromatic rings. The number of carbonyl (C=O) groups excluding carboxylic acids is 1. The van der Waals surface area contributed by atoms with E-state index in [4.69, 9.17) is 4.74 Å². The van der Waals surface area contributed by atoms with Crippen molar-refractivity contribution in [2.75, 3.05) is 0 Å². The summed E-state index contributed by atoms with van der Waals surface area (Å²) in [6.45, 7) is 12.8. The fourth-order valence-corrected chi connectivity index (χ4v) is 1.97. The standard InChI is InChI=1S/C20H22O2.C4H10/c1-15(2)5-4-6-20(21)17-9-13-19(14-10-17)22-18-11-7-16(3)8-12-18;1-4(2)3/h4,6-15H,5H2,1-3H3;4H,1-3H3/b6-4+;. The van der Waals surface area contributed by atoms with Gasteiger partial charge in [-0.2, -0.15) is 0 Å². The summed E-state index contributed by atoms with van der Waals surface area (Å²) in [5, 5.41) is 0. The number of aryl methyl sites for hydroxylation is 1. The molecular weight excluding hydrogens is 320 g/mol. The van der Waals surface area contributed by atoms with E-state index in [1.165, 1.54) is 5.56 Å². The van der Waals surface area contributed by atoms with Crippen molar-refractivity contribution >= 4 is 5.78 Å². The van der Waals surface area contributed by atoms with Crippen molar-refractivity contribution in [3.05, 3.63) is 71.8 Å². The summed E-state index contributed by atoms with van der Waals surface area (Å²) in [5.41, 5.74) is 1.87. The fraction of sp³-hybridized carbons (Fsp3) is 0.375. The lowest BCUT2D eigenvalue weighted by molar-refractivity contribution is 0.104. The summed E-state index contributed by atoms with van der Waals surface area (Å²) in [7, 11) is 0. The Morgan fingerprint density at radius 1 is 0.885 bits per heavy atom. The summed E-state index contributed by atoms with van der Waals surface area (Å²) in [5.74, 6) is 2.95. The van der Waals surface area contributed by atoms with Crippen LogP contribution in [0.1, 0.15) is 57.0 Å². The highest BCUT2D eigenvalue weighted by molar-refractivity contribution is 6.04. The Hall–Kier alpha value is -2.35. The lowest BCUT2D eigenvalue weighted by Gasteiger charge is -2.06. The van der Waals surface area contributed by atoms with Crippen LogP contribution in [0.15, 0.2) is 60.7 Å². The van der Waals surface area contributed by atoms with Crippen LogP contribution in [0, 0.1) is 18.8 Å². The van der Waals surface area contributed by atoms with Crippen LogP contribution in [-0.4, -0.2) is 5.78 Å². The maximum atomic E-state index is 12.0. The summed E-state index contributed by atoms with van der Waals surface area (Å²) >= 11 is 0. The van der Waals surface area contributed by atoms with Crippen LogP contribution in [-0.2, 0) is 0 Å². The molecule has 0 aliphatic rings. The molecule has 26 heavy (non-hydrogen) atoms. The van der Waals surface area contributed by atoms with E-state index >= 15 is 0 Å². The third kappa shape index (κ3) is 9.22. The number of hydrogen-bond acceptors (Lipinski definition) is 2. The number of ketones is 1. The predicted octanol–water partition coefficient (Wildman–Crippen LogP) is 7.23. The smallest absolute Gasteiger partial charge is 0.185 e. The van der Waals surface area contributed by atoms with Crippen LogP contribution in [0.2, 0.25) is 0 Å². The molecule has 0 unspecified atom stereocenters. The Balaban J connectivity index is 0.000000765. The van der Waals surface area contributed by atoms with E-state index in [1.54, 1.807) is 18.2 Å². The van der Waals surface area contributed by atoms with E-state index in [-0.39, 0.29) is 5.78 Å². The van der Waals surface area contributed by atoms with E-state index in [0.29, 0.717) is 11.5 Å². The number of benzene rings is 2. The second kappa shape index (κ2) is 11.3. The van der Waals surface area contributed by atoms with Crippen molar-refractivity contribution in [1.29, 1.82) is 0 Å². The molecule has 0 saturated heterocycles. The quantitative estimate of drug-likeness (QED) is 0.405. The Kier molecular flexibility index (Phi) is 9.43. The van der Waals surface area contributed by atoms with Gasteiger partial charge >= 0.3 is 0 Å². The Bertz CT molecular complexity index is 674. The monoisotopic (exact) mass is 352 g/mol. The highest BCUT2D eigenvalue weighted by atomic mass is 16.5. The van der Waals surface area contributed by atoms with Gasteiger partial charge in [0.1, 0.15) is 11.5 Å². The lowest BCUT2D eigenvalue weighted by Crippen LogP contribution is -1.94. The third-order valence-corrected chi connectivity index (χ3v) is 3.27. The average Bonchev–Trinajstić information content (AvgIpc) is 2.57. The maximum Gasteiger partial charge on any atom is 0.185 e. The molecule has 0 N–H and O–H groups in total. The zero-order chi connectivity index (χ0) is 19.5. The summed E-state index contributed by atoms with van der Waals surface area (Å²) in [6.07, 6.45) is 4.50. The Morgan fingerprint density at radius 3 is 1.81 bits per heavy atom. The minimum Gasteiger partial charge on any atom is -0.457 e. The van der Waals surface area contributed by atoms with Gasteiger partial charge in [-0.1, -0.05) is 58.4 Å². The van der Waals surface area contributed by atoms with E-state index in [2.05, 4.69) is 34.6 Å². The van der Waals surface area contributed by atoms with E-state index in [0.717, 1.165) is 23.8 Å². The normalized spacial score (nSPS) is 10.8. The van der Waals surface area contributed by atoms with Gasteiger partial charge in [-0.25, -0.2) is 0 Å². The molecule has 0 radical (unpaired) electrons. The molecule has 0 fully saturated rings. The van der Waals surface area contributed by atoms with Crippen molar-refractivity contribution < 1.29 is 9.53 Å². The summed E-state index contributed by atoms with van der Waals surface area (Å²) in [4.78, 5) is 12.0. The van der Waals surface area contributed by atoms with Gasteiger partial charge in [-0.15, -0.1) is 0 Å². The first-order valence-corrected chi connectivity index (χ1v) is 9.33. The molecule has 0 amide bonds. The van der Waals surface area contributed by atoms with Crippen molar-refractivity contribution in [2.45, 2.75) is 48.0 Å². The average molecular weight is 353 g/mol. The number of hydrogen-bond donors (Lipinski definition) is 0. The third-order valence-electron chi connectivity index (χ3n) is 3.27.